The molecule has 20 heavy (non-hydrogen) atoms. The van der Waals surface area contributed by atoms with Gasteiger partial charge in [0.05, 0.1) is 12.5 Å². The minimum Gasteiger partial charge on any atom is -0.481 e. The van der Waals surface area contributed by atoms with Crippen LogP contribution in [0.5, 0.6) is 0 Å². The summed E-state index contributed by atoms with van der Waals surface area (Å²) in [5.74, 6) is -0.466. The Morgan fingerprint density at radius 1 is 1.40 bits per heavy atom. The minimum absolute atomic E-state index is 0.0885. The molecule has 3 N–H and O–H groups in total. The van der Waals surface area contributed by atoms with Crippen molar-refractivity contribution in [2.45, 2.75) is 32.2 Å². The lowest BCUT2D eigenvalue weighted by atomic mass is 9.94. The zero-order valence-corrected chi connectivity index (χ0v) is 11.6. The summed E-state index contributed by atoms with van der Waals surface area (Å²) in [6.07, 6.45) is 1.80. The van der Waals surface area contributed by atoms with Gasteiger partial charge in [0.15, 0.2) is 0 Å². The molecular formula is C15H20N2O3. The Morgan fingerprint density at radius 3 is 2.85 bits per heavy atom. The molecule has 0 saturated carbocycles. The van der Waals surface area contributed by atoms with E-state index in [9.17, 15) is 9.59 Å². The van der Waals surface area contributed by atoms with E-state index in [2.05, 4.69) is 17.6 Å². The maximum atomic E-state index is 12.2. The molecule has 1 aliphatic heterocycles. The van der Waals surface area contributed by atoms with E-state index in [1.54, 1.807) is 24.3 Å². The Hall–Kier alpha value is -1.88. The first-order valence-corrected chi connectivity index (χ1v) is 6.90. The van der Waals surface area contributed by atoms with Gasteiger partial charge in [-0.2, -0.15) is 0 Å². The van der Waals surface area contributed by atoms with Crippen LogP contribution in [0, 0.1) is 5.92 Å². The van der Waals surface area contributed by atoms with Gasteiger partial charge in [-0.3, -0.25) is 9.59 Å². The van der Waals surface area contributed by atoms with Gasteiger partial charge < -0.3 is 15.7 Å². The lowest BCUT2D eigenvalue weighted by molar-refractivity contribution is -0.136. The standard InChI is InChI=1S/C15H20N2O3/c1-10-6-7-16-13(8-10)15(20)17-12-5-3-2-4-11(12)9-14(18)19/h2-5,10,13,16H,6-9H2,1H3,(H,17,20)(H,18,19). The van der Waals surface area contributed by atoms with Gasteiger partial charge in [-0.15, -0.1) is 0 Å². The smallest absolute Gasteiger partial charge is 0.307 e. The van der Waals surface area contributed by atoms with Crippen LogP contribution >= 0.6 is 0 Å². The third-order valence-corrected chi connectivity index (χ3v) is 3.60. The number of carboxylic acids is 1. The van der Waals surface area contributed by atoms with Crippen molar-refractivity contribution >= 4 is 17.6 Å². The predicted octanol–water partition coefficient (Wildman–Crippen LogP) is 1.64. The third-order valence-electron chi connectivity index (χ3n) is 3.60. The van der Waals surface area contributed by atoms with Crippen LogP contribution in [-0.2, 0) is 16.0 Å². The molecule has 0 aromatic heterocycles. The monoisotopic (exact) mass is 276 g/mol. The van der Waals surface area contributed by atoms with E-state index in [0.29, 0.717) is 17.2 Å². The number of rotatable bonds is 4. The molecule has 1 saturated heterocycles. The zero-order chi connectivity index (χ0) is 14.5. The molecule has 0 bridgehead atoms. The molecule has 1 aliphatic rings. The average Bonchev–Trinajstić information content (AvgIpc) is 2.40. The van der Waals surface area contributed by atoms with E-state index in [0.717, 1.165) is 19.4 Å². The molecule has 0 aliphatic carbocycles. The number of hydrogen-bond donors (Lipinski definition) is 3. The van der Waals surface area contributed by atoms with Crippen LogP contribution in [-0.4, -0.2) is 29.6 Å². The molecule has 108 valence electrons. The number of carbonyl (C=O) groups is 2. The second kappa shape index (κ2) is 6.52. The molecule has 2 atom stereocenters. The fourth-order valence-corrected chi connectivity index (χ4v) is 2.49. The first-order valence-electron chi connectivity index (χ1n) is 6.90. The van der Waals surface area contributed by atoms with E-state index >= 15 is 0 Å². The zero-order valence-electron chi connectivity index (χ0n) is 11.6. The number of aliphatic carboxylic acids is 1. The molecule has 1 heterocycles. The molecule has 1 aromatic rings. The SMILES string of the molecule is CC1CCNC(C(=O)Nc2ccccc2CC(=O)O)C1. The fraction of sp³-hybridized carbons (Fsp3) is 0.467. The van der Waals surface area contributed by atoms with Crippen LogP contribution in [0.3, 0.4) is 0 Å². The maximum absolute atomic E-state index is 12.2. The third kappa shape index (κ3) is 3.81. The summed E-state index contributed by atoms with van der Waals surface area (Å²) in [4.78, 5) is 23.1. The predicted molar refractivity (Wildman–Crippen MR) is 76.6 cm³/mol. The minimum atomic E-state index is -0.906. The largest absolute Gasteiger partial charge is 0.481 e. The molecule has 5 nitrogen and oxygen atoms in total. The van der Waals surface area contributed by atoms with Crippen molar-refractivity contribution in [1.82, 2.24) is 5.32 Å². The van der Waals surface area contributed by atoms with E-state index in [4.69, 9.17) is 5.11 Å². The van der Waals surface area contributed by atoms with Crippen molar-refractivity contribution in [2.75, 3.05) is 11.9 Å². The van der Waals surface area contributed by atoms with Crippen molar-refractivity contribution < 1.29 is 14.7 Å². The van der Waals surface area contributed by atoms with Crippen LogP contribution in [0.15, 0.2) is 24.3 Å². The molecule has 0 radical (unpaired) electrons. The van der Waals surface area contributed by atoms with E-state index in [1.807, 2.05) is 0 Å². The lowest BCUT2D eigenvalue weighted by Gasteiger charge is -2.27. The molecule has 1 amide bonds. The molecule has 1 aromatic carbocycles. The van der Waals surface area contributed by atoms with Gasteiger partial charge in [0.2, 0.25) is 5.91 Å². The highest BCUT2D eigenvalue weighted by atomic mass is 16.4. The molecule has 2 unspecified atom stereocenters. The number of nitrogens with one attached hydrogen (secondary N) is 2. The number of anilines is 1. The number of carbonyl (C=O) groups excluding carboxylic acids is 1. The van der Waals surface area contributed by atoms with Gasteiger partial charge in [-0.25, -0.2) is 0 Å². The van der Waals surface area contributed by atoms with Gasteiger partial charge in [-0.1, -0.05) is 25.1 Å². The normalized spacial score (nSPS) is 22.2. The topological polar surface area (TPSA) is 78.4 Å². The highest BCUT2D eigenvalue weighted by Gasteiger charge is 2.24. The molecule has 0 spiro atoms. The highest BCUT2D eigenvalue weighted by Crippen LogP contribution is 2.19. The summed E-state index contributed by atoms with van der Waals surface area (Å²) >= 11 is 0. The summed E-state index contributed by atoms with van der Waals surface area (Å²) in [5.41, 5.74) is 1.21. The average molecular weight is 276 g/mol. The highest BCUT2D eigenvalue weighted by molar-refractivity contribution is 5.96. The quantitative estimate of drug-likeness (QED) is 0.781. The first kappa shape index (κ1) is 14.5. The van der Waals surface area contributed by atoms with E-state index < -0.39 is 5.97 Å². The van der Waals surface area contributed by atoms with E-state index in [-0.39, 0.29) is 18.4 Å². The van der Waals surface area contributed by atoms with Crippen LogP contribution in [0.1, 0.15) is 25.3 Å². The Balaban J connectivity index is 2.05. The number of piperidine rings is 1. The number of hydrogen-bond acceptors (Lipinski definition) is 3. The number of carboxylic acid groups (broad SMARTS) is 1. The fourth-order valence-electron chi connectivity index (χ4n) is 2.49. The van der Waals surface area contributed by atoms with Crippen LogP contribution in [0.4, 0.5) is 5.69 Å². The van der Waals surface area contributed by atoms with Gasteiger partial charge in [0.1, 0.15) is 0 Å². The summed E-state index contributed by atoms with van der Waals surface area (Å²) in [5, 5.41) is 14.9. The second-order valence-corrected chi connectivity index (χ2v) is 5.35. The molecule has 5 heteroatoms. The number of benzene rings is 1. The van der Waals surface area contributed by atoms with Gasteiger partial charge in [0.25, 0.3) is 0 Å². The van der Waals surface area contributed by atoms with E-state index in [1.165, 1.54) is 0 Å². The van der Waals surface area contributed by atoms with Crippen LogP contribution in [0.2, 0.25) is 0 Å². The first-order chi connectivity index (χ1) is 9.56. The summed E-state index contributed by atoms with van der Waals surface area (Å²) in [6.45, 7) is 2.98. The Bertz CT molecular complexity index is 502. The van der Waals surface area contributed by atoms with Gasteiger partial charge in [-0.05, 0) is 36.9 Å². The summed E-state index contributed by atoms with van der Waals surface area (Å²) in [7, 11) is 0. The number of amides is 1. The van der Waals surface area contributed by atoms with Crippen LogP contribution < -0.4 is 10.6 Å². The molecule has 1 fully saturated rings. The van der Waals surface area contributed by atoms with Crippen LogP contribution in [0.25, 0.3) is 0 Å². The van der Waals surface area contributed by atoms with Gasteiger partial charge >= 0.3 is 5.97 Å². The molecule has 2 rings (SSSR count). The van der Waals surface area contributed by atoms with Crippen molar-refractivity contribution in [3.63, 3.8) is 0 Å². The maximum Gasteiger partial charge on any atom is 0.307 e. The summed E-state index contributed by atoms with van der Waals surface area (Å²) in [6, 6.07) is 6.83. The Morgan fingerprint density at radius 2 is 2.15 bits per heavy atom. The Kier molecular flexibility index (Phi) is 4.74. The van der Waals surface area contributed by atoms with Crippen molar-refractivity contribution in [3.8, 4) is 0 Å². The van der Waals surface area contributed by atoms with Gasteiger partial charge in [0, 0.05) is 5.69 Å². The number of para-hydroxylation sites is 1. The van der Waals surface area contributed by atoms with Crippen molar-refractivity contribution in [2.24, 2.45) is 5.92 Å². The second-order valence-electron chi connectivity index (χ2n) is 5.35. The Labute approximate surface area is 118 Å². The van der Waals surface area contributed by atoms with Crippen molar-refractivity contribution in [3.05, 3.63) is 29.8 Å². The van der Waals surface area contributed by atoms with Crippen molar-refractivity contribution in [1.29, 1.82) is 0 Å². The molecular weight excluding hydrogens is 256 g/mol. The lowest BCUT2D eigenvalue weighted by Crippen LogP contribution is -2.45. The summed E-state index contributed by atoms with van der Waals surface area (Å²) < 4.78 is 0.